The third kappa shape index (κ3) is 3.53. The Kier molecular flexibility index (Phi) is 4.90. The van der Waals surface area contributed by atoms with E-state index in [4.69, 9.17) is 23.2 Å². The number of benzene rings is 1. The molecule has 1 aromatic carbocycles. The predicted molar refractivity (Wildman–Crippen MR) is 83.0 cm³/mol. The van der Waals surface area contributed by atoms with Crippen LogP contribution < -0.4 is 0 Å². The van der Waals surface area contributed by atoms with Gasteiger partial charge in [-0.25, -0.2) is 16.8 Å². The van der Waals surface area contributed by atoms with Crippen LogP contribution in [0, 0.1) is 0 Å². The summed E-state index contributed by atoms with van der Waals surface area (Å²) < 4.78 is 49.4. The van der Waals surface area contributed by atoms with Gasteiger partial charge in [0.25, 0.3) is 0 Å². The molecule has 0 aliphatic carbocycles. The average molecular weight is 372 g/mol. The first-order valence-electron chi connectivity index (χ1n) is 6.20. The first kappa shape index (κ1) is 17.0. The molecule has 0 radical (unpaired) electrons. The highest BCUT2D eigenvalue weighted by Crippen LogP contribution is 2.29. The second kappa shape index (κ2) is 6.04. The largest absolute Gasteiger partial charge is 0.244 e. The number of hydrogen-bond acceptors (Lipinski definition) is 4. The second-order valence-corrected chi connectivity index (χ2v) is 9.85. The van der Waals surface area contributed by atoms with Gasteiger partial charge in [0.05, 0.1) is 16.5 Å². The van der Waals surface area contributed by atoms with Crippen LogP contribution in [0.25, 0.3) is 0 Å². The molecule has 2 rings (SSSR count). The minimum Gasteiger partial charge on any atom is -0.229 e. The topological polar surface area (TPSA) is 71.5 Å². The lowest BCUT2D eigenvalue weighted by atomic mass is 10.2. The first-order valence-corrected chi connectivity index (χ1v) is 10.4. The summed E-state index contributed by atoms with van der Waals surface area (Å²) in [6.07, 6.45) is 0.297. The average Bonchev–Trinajstić information content (AvgIpc) is 2.78. The summed E-state index contributed by atoms with van der Waals surface area (Å²) in [7, 11) is -5.64. The van der Waals surface area contributed by atoms with Crippen LogP contribution in [0.4, 0.5) is 0 Å². The van der Waals surface area contributed by atoms with E-state index < -0.39 is 25.9 Å². The standard InChI is InChI=1S/C12H15Cl2NO4S2/c1-15(10-4-5-20(16,17)8-10)21(18,19)12-6-9(7-13)2-3-11(12)14/h2-3,6,10H,4-5,7-8H2,1H3. The van der Waals surface area contributed by atoms with Crippen molar-refractivity contribution >= 4 is 43.1 Å². The number of hydrogen-bond donors (Lipinski definition) is 0. The van der Waals surface area contributed by atoms with Gasteiger partial charge in [0.1, 0.15) is 4.90 Å². The third-order valence-corrected chi connectivity index (χ3v) is 7.98. The molecule has 1 atom stereocenters. The van der Waals surface area contributed by atoms with Crippen molar-refractivity contribution in [3.8, 4) is 0 Å². The maximum Gasteiger partial charge on any atom is 0.244 e. The normalized spacial score (nSPS) is 21.8. The third-order valence-electron chi connectivity index (χ3n) is 3.53. The zero-order valence-electron chi connectivity index (χ0n) is 11.3. The second-order valence-electron chi connectivity index (χ2n) is 4.98. The Morgan fingerprint density at radius 3 is 2.57 bits per heavy atom. The number of nitrogens with zero attached hydrogens (tertiary/aromatic N) is 1. The van der Waals surface area contributed by atoms with E-state index in [0.29, 0.717) is 12.0 Å². The van der Waals surface area contributed by atoms with Gasteiger partial charge in [-0.3, -0.25) is 0 Å². The molecule has 0 saturated carbocycles. The Labute approximate surface area is 134 Å². The quantitative estimate of drug-likeness (QED) is 0.757. The van der Waals surface area contributed by atoms with Gasteiger partial charge in [-0.1, -0.05) is 17.7 Å². The van der Waals surface area contributed by atoms with E-state index in [9.17, 15) is 16.8 Å². The molecule has 5 nitrogen and oxygen atoms in total. The van der Waals surface area contributed by atoms with E-state index in [1.54, 1.807) is 6.07 Å². The smallest absolute Gasteiger partial charge is 0.229 e. The summed E-state index contributed by atoms with van der Waals surface area (Å²) in [5.74, 6) is 0.0176. The van der Waals surface area contributed by atoms with E-state index >= 15 is 0 Å². The Morgan fingerprint density at radius 2 is 2.05 bits per heavy atom. The molecular formula is C12H15Cl2NO4S2. The Morgan fingerprint density at radius 1 is 1.38 bits per heavy atom. The highest BCUT2D eigenvalue weighted by Gasteiger charge is 2.37. The lowest BCUT2D eigenvalue weighted by molar-refractivity contribution is 0.394. The molecule has 0 bridgehead atoms. The monoisotopic (exact) mass is 371 g/mol. The van der Waals surface area contributed by atoms with Crippen molar-refractivity contribution in [1.82, 2.24) is 4.31 Å². The summed E-state index contributed by atoms with van der Waals surface area (Å²) in [5, 5.41) is 0.0940. The van der Waals surface area contributed by atoms with Crippen LogP contribution in [0.2, 0.25) is 5.02 Å². The fourth-order valence-corrected chi connectivity index (χ4v) is 6.18. The molecule has 21 heavy (non-hydrogen) atoms. The Balaban J connectivity index is 2.38. The molecule has 9 heteroatoms. The van der Waals surface area contributed by atoms with Crippen LogP contribution in [0.5, 0.6) is 0 Å². The van der Waals surface area contributed by atoms with Gasteiger partial charge in [-0.15, -0.1) is 11.6 Å². The van der Waals surface area contributed by atoms with Crippen LogP contribution in [0.3, 0.4) is 0 Å². The molecule has 0 spiro atoms. The van der Waals surface area contributed by atoms with Gasteiger partial charge in [0.15, 0.2) is 9.84 Å². The molecule has 1 heterocycles. The van der Waals surface area contributed by atoms with Crippen LogP contribution in [0.1, 0.15) is 12.0 Å². The number of sulfone groups is 1. The summed E-state index contributed by atoms with van der Waals surface area (Å²) in [5.41, 5.74) is 0.632. The van der Waals surface area contributed by atoms with Gasteiger partial charge in [0.2, 0.25) is 10.0 Å². The van der Waals surface area contributed by atoms with Gasteiger partial charge in [-0.05, 0) is 24.1 Å². The maximum atomic E-state index is 12.6. The van der Waals surface area contributed by atoms with Crippen LogP contribution in [0.15, 0.2) is 23.1 Å². The molecule has 0 N–H and O–H groups in total. The zero-order chi connectivity index (χ0) is 15.8. The summed E-state index contributed by atoms with van der Waals surface area (Å²) >= 11 is 11.7. The Hall–Kier alpha value is -0.340. The first-order chi connectivity index (χ1) is 9.67. The summed E-state index contributed by atoms with van der Waals surface area (Å²) in [4.78, 5) is -0.0471. The number of alkyl halides is 1. The van der Waals surface area contributed by atoms with Crippen molar-refractivity contribution in [2.75, 3.05) is 18.6 Å². The van der Waals surface area contributed by atoms with Gasteiger partial charge in [0, 0.05) is 19.0 Å². The molecule has 1 saturated heterocycles. The highest BCUT2D eigenvalue weighted by atomic mass is 35.5. The summed E-state index contributed by atoms with van der Waals surface area (Å²) in [6, 6.07) is 3.99. The van der Waals surface area contributed by atoms with Crippen molar-refractivity contribution in [2.45, 2.75) is 23.2 Å². The molecule has 1 aliphatic rings. The van der Waals surface area contributed by atoms with E-state index in [2.05, 4.69) is 0 Å². The minimum atomic E-state index is -3.86. The van der Waals surface area contributed by atoms with Crippen molar-refractivity contribution in [3.63, 3.8) is 0 Å². The van der Waals surface area contributed by atoms with E-state index in [1.807, 2.05) is 0 Å². The van der Waals surface area contributed by atoms with Crippen molar-refractivity contribution in [3.05, 3.63) is 28.8 Å². The number of rotatable bonds is 4. The van der Waals surface area contributed by atoms with Gasteiger partial charge in [-0.2, -0.15) is 4.31 Å². The lowest BCUT2D eigenvalue weighted by Gasteiger charge is -2.23. The predicted octanol–water partition coefficient (Wildman–Crippen LogP) is 1.89. The maximum absolute atomic E-state index is 12.6. The number of halogens is 2. The van der Waals surface area contributed by atoms with Gasteiger partial charge < -0.3 is 0 Å². The van der Waals surface area contributed by atoms with Crippen LogP contribution in [-0.2, 0) is 25.7 Å². The molecule has 1 aromatic rings. The lowest BCUT2D eigenvalue weighted by Crippen LogP contribution is -2.37. The molecule has 1 fully saturated rings. The molecule has 1 aliphatic heterocycles. The minimum absolute atomic E-state index is 0.00692. The molecular weight excluding hydrogens is 357 g/mol. The SMILES string of the molecule is CN(C1CCS(=O)(=O)C1)S(=O)(=O)c1cc(CCl)ccc1Cl. The fourth-order valence-electron chi connectivity index (χ4n) is 2.24. The van der Waals surface area contributed by atoms with Crippen molar-refractivity contribution in [2.24, 2.45) is 0 Å². The van der Waals surface area contributed by atoms with Crippen LogP contribution >= 0.6 is 23.2 Å². The van der Waals surface area contributed by atoms with Gasteiger partial charge >= 0.3 is 0 Å². The van der Waals surface area contributed by atoms with E-state index in [1.165, 1.54) is 19.2 Å². The molecule has 118 valence electrons. The molecule has 1 unspecified atom stereocenters. The Bertz CT molecular complexity index is 747. The molecule has 0 aromatic heterocycles. The van der Waals surface area contributed by atoms with E-state index in [0.717, 1.165) is 4.31 Å². The highest BCUT2D eigenvalue weighted by molar-refractivity contribution is 7.92. The number of sulfonamides is 1. The van der Waals surface area contributed by atoms with Crippen molar-refractivity contribution < 1.29 is 16.8 Å². The fraction of sp³-hybridized carbons (Fsp3) is 0.500. The molecule has 0 amide bonds. The van der Waals surface area contributed by atoms with E-state index in [-0.39, 0.29) is 27.3 Å². The van der Waals surface area contributed by atoms with Crippen LogP contribution in [-0.4, -0.2) is 45.7 Å². The van der Waals surface area contributed by atoms with Crippen molar-refractivity contribution in [1.29, 1.82) is 0 Å². The zero-order valence-corrected chi connectivity index (χ0v) is 14.4. The summed E-state index contributed by atoms with van der Waals surface area (Å²) in [6.45, 7) is 0.